The van der Waals surface area contributed by atoms with Gasteiger partial charge in [0.15, 0.2) is 17.3 Å². The van der Waals surface area contributed by atoms with Gasteiger partial charge in [0.25, 0.3) is 5.56 Å². The number of nitrogens with one attached hydrogen (secondary N) is 1. The van der Waals surface area contributed by atoms with Gasteiger partial charge in [0, 0.05) is 6.07 Å². The van der Waals surface area contributed by atoms with Crippen molar-refractivity contribution in [2.24, 2.45) is 5.73 Å². The Kier molecular flexibility index (Phi) is 4.53. The largest absolute Gasteiger partial charge is 0.449 e. The van der Waals surface area contributed by atoms with Crippen LogP contribution in [0, 0.1) is 11.6 Å². The van der Waals surface area contributed by atoms with Crippen LogP contribution in [0.5, 0.6) is 11.5 Å². The number of aromatic amines is 1. The van der Waals surface area contributed by atoms with Gasteiger partial charge in [-0.05, 0) is 12.1 Å². The number of nitrogens with two attached hydrogens (primary N) is 1. The van der Waals surface area contributed by atoms with Crippen molar-refractivity contribution in [2.45, 2.75) is 12.6 Å². The van der Waals surface area contributed by atoms with E-state index >= 15 is 0 Å². The van der Waals surface area contributed by atoms with E-state index in [4.69, 9.17) is 10.5 Å². The predicted molar refractivity (Wildman–Crippen MR) is 69.2 cm³/mol. The number of hydrogen-bond acceptors (Lipinski definition) is 4. The van der Waals surface area contributed by atoms with Crippen molar-refractivity contribution >= 4 is 5.91 Å². The average molecular weight is 349 g/mol. The minimum Gasteiger partial charge on any atom is -0.449 e. The summed E-state index contributed by atoms with van der Waals surface area (Å²) in [5.41, 5.74) is 1.74. The highest BCUT2D eigenvalue weighted by Crippen LogP contribution is 2.34. The van der Waals surface area contributed by atoms with Crippen LogP contribution in [0.2, 0.25) is 0 Å². The van der Waals surface area contributed by atoms with Crippen LogP contribution in [0.25, 0.3) is 0 Å². The fourth-order valence-corrected chi connectivity index (χ4v) is 1.70. The summed E-state index contributed by atoms with van der Waals surface area (Å²) in [5, 5.41) is 0. The zero-order valence-electron chi connectivity index (χ0n) is 11.6. The number of halogens is 5. The van der Waals surface area contributed by atoms with E-state index in [0.717, 1.165) is 6.07 Å². The minimum atomic E-state index is -5.10. The Balaban J connectivity index is 2.53. The number of rotatable bonds is 4. The maximum atomic E-state index is 13.1. The Labute approximate surface area is 130 Å². The molecule has 0 radical (unpaired) electrons. The molecule has 0 aliphatic heterocycles. The Morgan fingerprint density at radius 3 is 2.46 bits per heavy atom. The van der Waals surface area contributed by atoms with Crippen LogP contribution in [0.3, 0.4) is 0 Å². The Hall–Kier alpha value is -2.98. The van der Waals surface area contributed by atoms with Gasteiger partial charge < -0.3 is 15.5 Å². The summed E-state index contributed by atoms with van der Waals surface area (Å²) >= 11 is 0. The van der Waals surface area contributed by atoms with Crippen molar-refractivity contribution < 1.29 is 31.5 Å². The molecule has 0 aliphatic rings. The van der Waals surface area contributed by atoms with E-state index in [2.05, 4.69) is 4.98 Å². The average Bonchev–Trinajstić information content (AvgIpc) is 2.43. The maximum absolute atomic E-state index is 13.1. The third kappa shape index (κ3) is 3.86. The molecule has 1 heterocycles. The molecule has 1 aromatic carbocycles. The number of carbonyl (C=O) groups excluding carboxylic acids is 1. The lowest BCUT2D eigenvalue weighted by atomic mass is 10.3. The molecule has 0 atom stereocenters. The number of amides is 1. The number of carbonyl (C=O) groups is 1. The molecule has 0 unspecified atom stereocenters. The van der Waals surface area contributed by atoms with E-state index in [1.807, 2.05) is 4.98 Å². The number of benzene rings is 1. The van der Waals surface area contributed by atoms with Crippen LogP contribution in [0.1, 0.15) is 11.5 Å². The van der Waals surface area contributed by atoms with E-state index < -0.39 is 58.7 Å². The molecule has 3 N–H and O–H groups in total. The Morgan fingerprint density at radius 2 is 1.92 bits per heavy atom. The smallest absolute Gasteiger partial charge is 0.437 e. The van der Waals surface area contributed by atoms with Crippen LogP contribution in [0.15, 0.2) is 23.0 Å². The summed E-state index contributed by atoms with van der Waals surface area (Å²) in [6.45, 7) is 0. The van der Waals surface area contributed by atoms with E-state index in [-0.39, 0.29) is 0 Å². The molecule has 2 rings (SSSR count). The molecule has 1 aromatic heterocycles. The monoisotopic (exact) mass is 349 g/mol. The zero-order valence-corrected chi connectivity index (χ0v) is 11.6. The predicted octanol–water partition coefficient (Wildman–Crippen LogP) is 1.89. The van der Waals surface area contributed by atoms with Gasteiger partial charge in [-0.25, -0.2) is 13.8 Å². The highest BCUT2D eigenvalue weighted by Gasteiger charge is 2.39. The fraction of sp³-hybridized carbons (Fsp3) is 0.154. The fourth-order valence-electron chi connectivity index (χ4n) is 1.70. The van der Waals surface area contributed by atoms with Gasteiger partial charge in [-0.15, -0.1) is 0 Å². The summed E-state index contributed by atoms with van der Waals surface area (Å²) in [6, 6.07) is 1.91. The van der Waals surface area contributed by atoms with Crippen LogP contribution in [-0.2, 0) is 17.4 Å². The van der Waals surface area contributed by atoms with Gasteiger partial charge in [-0.3, -0.25) is 9.59 Å². The second kappa shape index (κ2) is 6.26. The first-order chi connectivity index (χ1) is 11.1. The maximum Gasteiger partial charge on any atom is 0.437 e. The number of H-pyrrole nitrogens is 1. The standard InChI is InChI=1S/C13H8F5N3O3/c14-6-2-1-5(3-7(6)15)24-10-11(13(16,17)18)20-9(4-8(19)22)21-12(10)23/h1-3H,4H2,(H2,19,22)(H,20,21,23). The molecule has 11 heteroatoms. The molecule has 0 bridgehead atoms. The summed E-state index contributed by atoms with van der Waals surface area (Å²) in [6.07, 6.45) is -5.83. The van der Waals surface area contributed by atoms with Crippen LogP contribution >= 0.6 is 0 Å². The first-order valence-electron chi connectivity index (χ1n) is 6.19. The first kappa shape index (κ1) is 17.4. The summed E-state index contributed by atoms with van der Waals surface area (Å²) in [7, 11) is 0. The Morgan fingerprint density at radius 1 is 1.25 bits per heavy atom. The number of aromatic nitrogens is 2. The molecule has 128 valence electrons. The van der Waals surface area contributed by atoms with Crippen molar-refractivity contribution in [3.63, 3.8) is 0 Å². The van der Waals surface area contributed by atoms with Crippen molar-refractivity contribution in [3.05, 3.63) is 51.7 Å². The van der Waals surface area contributed by atoms with Crippen molar-refractivity contribution in [1.29, 1.82) is 0 Å². The third-order valence-electron chi connectivity index (χ3n) is 2.65. The molecule has 6 nitrogen and oxygen atoms in total. The topological polar surface area (TPSA) is 98.1 Å². The molecule has 0 saturated carbocycles. The number of nitrogens with zero attached hydrogens (tertiary/aromatic N) is 1. The van der Waals surface area contributed by atoms with Gasteiger partial charge in [0.05, 0.1) is 6.42 Å². The number of primary amides is 1. The molecule has 0 spiro atoms. The lowest BCUT2D eigenvalue weighted by molar-refractivity contribution is -0.142. The normalized spacial score (nSPS) is 11.4. The lowest BCUT2D eigenvalue weighted by Gasteiger charge is -2.13. The zero-order chi connectivity index (χ0) is 18.1. The van der Waals surface area contributed by atoms with Gasteiger partial charge in [0.1, 0.15) is 11.6 Å². The van der Waals surface area contributed by atoms with Crippen LogP contribution < -0.4 is 16.0 Å². The summed E-state index contributed by atoms with van der Waals surface area (Å²) in [5.74, 6) is -6.08. The van der Waals surface area contributed by atoms with Gasteiger partial charge >= 0.3 is 6.18 Å². The molecular weight excluding hydrogens is 341 g/mol. The van der Waals surface area contributed by atoms with Gasteiger partial charge in [-0.2, -0.15) is 13.2 Å². The van der Waals surface area contributed by atoms with E-state index in [9.17, 15) is 31.5 Å². The van der Waals surface area contributed by atoms with Crippen molar-refractivity contribution in [2.75, 3.05) is 0 Å². The highest BCUT2D eigenvalue weighted by atomic mass is 19.4. The van der Waals surface area contributed by atoms with Crippen molar-refractivity contribution in [3.8, 4) is 11.5 Å². The molecular formula is C13H8F5N3O3. The number of alkyl halides is 3. The van der Waals surface area contributed by atoms with Gasteiger partial charge in [-0.1, -0.05) is 0 Å². The first-order valence-corrected chi connectivity index (χ1v) is 6.19. The van der Waals surface area contributed by atoms with E-state index in [0.29, 0.717) is 12.1 Å². The molecule has 1 amide bonds. The SMILES string of the molecule is NC(=O)Cc1nc(C(F)(F)F)c(Oc2ccc(F)c(F)c2)c(=O)[nH]1. The lowest BCUT2D eigenvalue weighted by Crippen LogP contribution is -2.25. The quantitative estimate of drug-likeness (QED) is 0.824. The molecule has 0 saturated heterocycles. The molecule has 24 heavy (non-hydrogen) atoms. The number of ether oxygens (including phenoxy) is 1. The van der Waals surface area contributed by atoms with E-state index in [1.165, 1.54) is 0 Å². The third-order valence-corrected chi connectivity index (χ3v) is 2.65. The van der Waals surface area contributed by atoms with Crippen molar-refractivity contribution in [1.82, 2.24) is 9.97 Å². The molecule has 2 aromatic rings. The van der Waals surface area contributed by atoms with Gasteiger partial charge in [0.2, 0.25) is 11.7 Å². The summed E-state index contributed by atoms with van der Waals surface area (Å²) < 4.78 is 69.8. The Bertz CT molecular complexity index is 848. The minimum absolute atomic E-state index is 0.465. The van der Waals surface area contributed by atoms with Crippen LogP contribution in [-0.4, -0.2) is 15.9 Å². The second-order valence-electron chi connectivity index (χ2n) is 4.51. The summed E-state index contributed by atoms with van der Waals surface area (Å²) in [4.78, 5) is 27.6. The highest BCUT2D eigenvalue weighted by molar-refractivity contribution is 5.75. The number of hydrogen-bond donors (Lipinski definition) is 2. The molecule has 0 aliphatic carbocycles. The molecule has 0 fully saturated rings. The van der Waals surface area contributed by atoms with E-state index in [1.54, 1.807) is 0 Å². The second-order valence-corrected chi connectivity index (χ2v) is 4.51. The van der Waals surface area contributed by atoms with Crippen LogP contribution in [0.4, 0.5) is 22.0 Å².